The lowest BCUT2D eigenvalue weighted by Crippen LogP contribution is -2.23. The maximum atomic E-state index is 5.49. The van der Waals surface area contributed by atoms with E-state index in [-0.39, 0.29) is 0 Å². The number of nitrogens with two attached hydrogens (primary N) is 1. The van der Waals surface area contributed by atoms with Crippen molar-refractivity contribution in [2.24, 2.45) is 5.84 Å². The van der Waals surface area contributed by atoms with Crippen LogP contribution in [-0.4, -0.2) is 13.2 Å². The molecule has 2 rings (SSSR count). The Balaban J connectivity index is 2.34. The van der Waals surface area contributed by atoms with E-state index in [2.05, 4.69) is 5.43 Å². The predicted octanol–water partition coefficient (Wildman–Crippen LogP) is 0.421. The first-order valence-electron chi connectivity index (χ1n) is 4.23. The Kier molecular flexibility index (Phi) is 2.33. The molecule has 70 valence electrons. The van der Waals surface area contributed by atoms with Gasteiger partial charge in [0.2, 0.25) is 0 Å². The lowest BCUT2D eigenvalue weighted by molar-refractivity contribution is 0.169. The second-order valence-electron chi connectivity index (χ2n) is 2.82. The van der Waals surface area contributed by atoms with E-state index in [9.17, 15) is 0 Å². The van der Waals surface area contributed by atoms with Crippen molar-refractivity contribution in [1.82, 2.24) is 5.43 Å². The Hall–Kier alpha value is -1.26. The van der Waals surface area contributed by atoms with Gasteiger partial charge in [-0.1, -0.05) is 12.1 Å². The van der Waals surface area contributed by atoms with Crippen LogP contribution in [0, 0.1) is 0 Å². The first-order valence-corrected chi connectivity index (χ1v) is 4.23. The molecule has 1 aromatic rings. The summed E-state index contributed by atoms with van der Waals surface area (Å²) in [4.78, 5) is 0. The maximum absolute atomic E-state index is 5.49. The molecule has 1 aromatic carbocycles. The molecule has 4 nitrogen and oxygen atoms in total. The number of hydrogen-bond donors (Lipinski definition) is 2. The number of benzene rings is 1. The van der Waals surface area contributed by atoms with Crippen molar-refractivity contribution in [2.45, 2.75) is 6.54 Å². The lowest BCUT2D eigenvalue weighted by Gasteiger charge is -2.20. The molecule has 1 aliphatic heterocycles. The standard InChI is InChI=1S/C9H12N2O2/c10-11-6-7-2-1-3-8-9(7)13-5-4-12-8/h1-3,11H,4-6,10H2. The molecule has 0 saturated carbocycles. The predicted molar refractivity (Wildman–Crippen MR) is 48.5 cm³/mol. The van der Waals surface area contributed by atoms with Gasteiger partial charge in [-0.15, -0.1) is 0 Å². The Morgan fingerprint density at radius 3 is 3.00 bits per heavy atom. The molecule has 0 amide bonds. The van der Waals surface area contributed by atoms with Crippen molar-refractivity contribution in [3.63, 3.8) is 0 Å². The van der Waals surface area contributed by atoms with Crippen LogP contribution in [0.3, 0.4) is 0 Å². The van der Waals surface area contributed by atoms with E-state index in [4.69, 9.17) is 15.3 Å². The number of para-hydroxylation sites is 1. The van der Waals surface area contributed by atoms with Crippen LogP contribution in [0.25, 0.3) is 0 Å². The summed E-state index contributed by atoms with van der Waals surface area (Å²) in [5, 5.41) is 0. The van der Waals surface area contributed by atoms with Crippen molar-refractivity contribution in [3.8, 4) is 11.5 Å². The molecular formula is C9H12N2O2. The van der Waals surface area contributed by atoms with E-state index in [1.165, 1.54) is 0 Å². The van der Waals surface area contributed by atoms with E-state index < -0.39 is 0 Å². The molecule has 0 fully saturated rings. The molecule has 0 bridgehead atoms. The topological polar surface area (TPSA) is 56.5 Å². The van der Waals surface area contributed by atoms with Gasteiger partial charge in [-0.05, 0) is 6.07 Å². The summed E-state index contributed by atoms with van der Waals surface area (Å²) in [6.07, 6.45) is 0. The van der Waals surface area contributed by atoms with Gasteiger partial charge in [-0.2, -0.15) is 0 Å². The molecule has 13 heavy (non-hydrogen) atoms. The lowest BCUT2D eigenvalue weighted by atomic mass is 10.2. The second kappa shape index (κ2) is 3.64. The van der Waals surface area contributed by atoms with Gasteiger partial charge in [0.15, 0.2) is 11.5 Å². The fraction of sp³-hybridized carbons (Fsp3) is 0.333. The Morgan fingerprint density at radius 2 is 2.15 bits per heavy atom. The van der Waals surface area contributed by atoms with Crippen LogP contribution >= 0.6 is 0 Å². The number of ether oxygens (including phenoxy) is 2. The van der Waals surface area contributed by atoms with Gasteiger partial charge >= 0.3 is 0 Å². The molecule has 0 aromatic heterocycles. The average molecular weight is 180 g/mol. The van der Waals surface area contributed by atoms with Gasteiger partial charge in [-0.3, -0.25) is 11.3 Å². The van der Waals surface area contributed by atoms with E-state index in [0.29, 0.717) is 19.8 Å². The van der Waals surface area contributed by atoms with Crippen molar-refractivity contribution in [2.75, 3.05) is 13.2 Å². The van der Waals surface area contributed by atoms with Gasteiger partial charge in [0, 0.05) is 12.1 Å². The highest BCUT2D eigenvalue weighted by Crippen LogP contribution is 2.33. The van der Waals surface area contributed by atoms with Crippen molar-refractivity contribution < 1.29 is 9.47 Å². The molecule has 0 unspecified atom stereocenters. The van der Waals surface area contributed by atoms with Crippen LogP contribution in [0.1, 0.15) is 5.56 Å². The van der Waals surface area contributed by atoms with Crippen molar-refractivity contribution >= 4 is 0 Å². The SMILES string of the molecule is NNCc1cccc2c1OCCO2. The minimum atomic E-state index is 0.590. The fourth-order valence-corrected chi connectivity index (χ4v) is 1.38. The molecular weight excluding hydrogens is 168 g/mol. The fourth-order valence-electron chi connectivity index (χ4n) is 1.38. The van der Waals surface area contributed by atoms with Gasteiger partial charge in [0.05, 0.1) is 0 Å². The molecule has 0 saturated heterocycles. The Morgan fingerprint density at radius 1 is 1.31 bits per heavy atom. The molecule has 1 aliphatic rings. The molecule has 0 atom stereocenters. The van der Waals surface area contributed by atoms with Crippen LogP contribution in [0.15, 0.2) is 18.2 Å². The minimum Gasteiger partial charge on any atom is -0.486 e. The van der Waals surface area contributed by atoms with Gasteiger partial charge in [-0.25, -0.2) is 0 Å². The normalized spacial score (nSPS) is 14.2. The first-order chi connectivity index (χ1) is 6.42. The van der Waals surface area contributed by atoms with Crippen LogP contribution in [-0.2, 0) is 6.54 Å². The monoisotopic (exact) mass is 180 g/mol. The molecule has 0 aliphatic carbocycles. The van der Waals surface area contributed by atoms with Crippen LogP contribution in [0.4, 0.5) is 0 Å². The number of fused-ring (bicyclic) bond motifs is 1. The zero-order valence-electron chi connectivity index (χ0n) is 7.25. The zero-order valence-corrected chi connectivity index (χ0v) is 7.25. The summed E-state index contributed by atoms with van der Waals surface area (Å²) in [7, 11) is 0. The highest BCUT2D eigenvalue weighted by atomic mass is 16.6. The van der Waals surface area contributed by atoms with Crippen molar-refractivity contribution in [3.05, 3.63) is 23.8 Å². The van der Waals surface area contributed by atoms with E-state index in [1.54, 1.807) is 0 Å². The highest BCUT2D eigenvalue weighted by molar-refractivity contribution is 5.47. The summed E-state index contributed by atoms with van der Waals surface area (Å²) in [5.74, 6) is 6.86. The number of nitrogens with one attached hydrogen (secondary N) is 1. The Labute approximate surface area is 76.6 Å². The molecule has 3 N–H and O–H groups in total. The third-order valence-electron chi connectivity index (χ3n) is 1.94. The van der Waals surface area contributed by atoms with Crippen LogP contribution in [0.5, 0.6) is 11.5 Å². The quantitative estimate of drug-likeness (QED) is 0.511. The Bertz CT molecular complexity index is 302. The first kappa shape index (κ1) is 8.34. The summed E-state index contributed by atoms with van der Waals surface area (Å²) in [6.45, 7) is 1.81. The van der Waals surface area contributed by atoms with Gasteiger partial charge in [0.1, 0.15) is 13.2 Å². The molecule has 0 spiro atoms. The summed E-state index contributed by atoms with van der Waals surface area (Å²) in [5.41, 5.74) is 3.63. The van der Waals surface area contributed by atoms with Gasteiger partial charge < -0.3 is 9.47 Å². The summed E-state index contributed by atoms with van der Waals surface area (Å²) < 4.78 is 10.9. The smallest absolute Gasteiger partial charge is 0.165 e. The molecule has 4 heteroatoms. The maximum Gasteiger partial charge on any atom is 0.165 e. The van der Waals surface area contributed by atoms with Crippen LogP contribution in [0.2, 0.25) is 0 Å². The third kappa shape index (κ3) is 1.59. The molecule has 0 radical (unpaired) electrons. The number of hydrogen-bond acceptors (Lipinski definition) is 4. The molecule has 1 heterocycles. The van der Waals surface area contributed by atoms with Crippen LogP contribution < -0.4 is 20.7 Å². The number of hydrazine groups is 1. The average Bonchev–Trinajstić information content (AvgIpc) is 2.19. The third-order valence-corrected chi connectivity index (χ3v) is 1.94. The van der Waals surface area contributed by atoms with Gasteiger partial charge in [0.25, 0.3) is 0 Å². The largest absolute Gasteiger partial charge is 0.486 e. The van der Waals surface area contributed by atoms with Crippen molar-refractivity contribution in [1.29, 1.82) is 0 Å². The van der Waals surface area contributed by atoms with E-state index in [0.717, 1.165) is 17.1 Å². The highest BCUT2D eigenvalue weighted by Gasteiger charge is 2.14. The van der Waals surface area contributed by atoms with E-state index in [1.807, 2.05) is 18.2 Å². The minimum absolute atomic E-state index is 0.590. The van der Waals surface area contributed by atoms with E-state index >= 15 is 0 Å². The number of rotatable bonds is 2. The summed E-state index contributed by atoms with van der Waals surface area (Å²) >= 11 is 0. The summed E-state index contributed by atoms with van der Waals surface area (Å²) in [6, 6.07) is 5.79. The zero-order chi connectivity index (χ0) is 9.10. The second-order valence-corrected chi connectivity index (χ2v) is 2.82.